The molecule has 3 rings (SSSR count). The lowest BCUT2D eigenvalue weighted by Gasteiger charge is -2.35. The van der Waals surface area contributed by atoms with Crippen LogP contribution in [0.2, 0.25) is 0 Å². The third-order valence-electron chi connectivity index (χ3n) is 5.82. The summed E-state index contributed by atoms with van der Waals surface area (Å²) in [7, 11) is -3.55. The van der Waals surface area contributed by atoms with Gasteiger partial charge < -0.3 is 14.4 Å². The number of rotatable bonds is 6. The SMILES string of the molecule is Cc1ccc(S(=O)(=O)N2CCN(C(=O)C(C)OCC3CCCCO3)CC2)cc1C. The molecule has 2 heterocycles. The predicted molar refractivity (Wildman–Crippen MR) is 110 cm³/mol. The molecule has 29 heavy (non-hydrogen) atoms. The Bertz CT molecular complexity index is 812. The number of benzene rings is 1. The van der Waals surface area contributed by atoms with E-state index >= 15 is 0 Å². The summed E-state index contributed by atoms with van der Waals surface area (Å²) in [5.41, 5.74) is 2.01. The second-order valence-corrected chi connectivity index (χ2v) is 9.88. The predicted octanol–water partition coefficient (Wildman–Crippen LogP) is 2.11. The minimum atomic E-state index is -3.55. The van der Waals surface area contributed by atoms with E-state index in [-0.39, 0.29) is 12.0 Å². The van der Waals surface area contributed by atoms with E-state index in [9.17, 15) is 13.2 Å². The molecular weight excluding hydrogens is 392 g/mol. The third-order valence-corrected chi connectivity index (χ3v) is 7.71. The zero-order valence-electron chi connectivity index (χ0n) is 17.6. The lowest BCUT2D eigenvalue weighted by Crippen LogP contribution is -2.52. The van der Waals surface area contributed by atoms with Crippen molar-refractivity contribution in [2.75, 3.05) is 39.4 Å². The molecule has 2 fully saturated rings. The van der Waals surface area contributed by atoms with Gasteiger partial charge in [-0.25, -0.2) is 8.42 Å². The van der Waals surface area contributed by atoms with E-state index in [1.54, 1.807) is 24.0 Å². The minimum Gasteiger partial charge on any atom is -0.376 e. The Morgan fingerprint density at radius 3 is 2.52 bits per heavy atom. The lowest BCUT2D eigenvalue weighted by molar-refractivity contribution is -0.147. The van der Waals surface area contributed by atoms with E-state index in [1.807, 2.05) is 19.9 Å². The smallest absolute Gasteiger partial charge is 0.251 e. The van der Waals surface area contributed by atoms with Crippen molar-refractivity contribution in [3.05, 3.63) is 29.3 Å². The van der Waals surface area contributed by atoms with E-state index in [0.717, 1.165) is 37.0 Å². The Morgan fingerprint density at radius 1 is 1.17 bits per heavy atom. The summed E-state index contributed by atoms with van der Waals surface area (Å²) >= 11 is 0. The largest absolute Gasteiger partial charge is 0.376 e. The first-order chi connectivity index (χ1) is 13.8. The Labute approximate surface area is 174 Å². The van der Waals surface area contributed by atoms with Crippen molar-refractivity contribution in [2.24, 2.45) is 0 Å². The summed E-state index contributed by atoms with van der Waals surface area (Å²) in [5.74, 6) is -0.0935. The zero-order chi connectivity index (χ0) is 21.0. The second kappa shape index (κ2) is 9.55. The van der Waals surface area contributed by atoms with Crippen LogP contribution in [0.3, 0.4) is 0 Å². The highest BCUT2D eigenvalue weighted by atomic mass is 32.2. The molecular formula is C21H32N2O5S. The van der Waals surface area contributed by atoms with E-state index in [0.29, 0.717) is 37.7 Å². The maximum absolute atomic E-state index is 12.9. The number of aryl methyl sites for hydroxylation is 2. The molecule has 0 aromatic heterocycles. The van der Waals surface area contributed by atoms with Crippen molar-refractivity contribution in [1.82, 2.24) is 9.21 Å². The number of carbonyl (C=O) groups excluding carboxylic acids is 1. The first kappa shape index (κ1) is 22.2. The monoisotopic (exact) mass is 424 g/mol. The maximum atomic E-state index is 12.9. The van der Waals surface area contributed by atoms with Crippen LogP contribution in [-0.2, 0) is 24.3 Å². The fourth-order valence-electron chi connectivity index (χ4n) is 3.69. The van der Waals surface area contributed by atoms with E-state index in [1.165, 1.54) is 4.31 Å². The van der Waals surface area contributed by atoms with Crippen molar-refractivity contribution in [3.63, 3.8) is 0 Å². The van der Waals surface area contributed by atoms with E-state index in [4.69, 9.17) is 9.47 Å². The van der Waals surface area contributed by atoms with Gasteiger partial charge in [0.05, 0.1) is 17.6 Å². The van der Waals surface area contributed by atoms with Crippen LogP contribution in [0.25, 0.3) is 0 Å². The molecule has 0 N–H and O–H groups in total. The maximum Gasteiger partial charge on any atom is 0.251 e. The Kier molecular flexibility index (Phi) is 7.32. The van der Waals surface area contributed by atoms with Gasteiger partial charge in [-0.3, -0.25) is 4.79 Å². The average molecular weight is 425 g/mol. The van der Waals surface area contributed by atoms with Crippen LogP contribution in [-0.4, -0.2) is 75.1 Å². The molecule has 2 unspecified atom stereocenters. The Morgan fingerprint density at radius 2 is 1.90 bits per heavy atom. The van der Waals surface area contributed by atoms with Gasteiger partial charge in [0.2, 0.25) is 10.0 Å². The lowest BCUT2D eigenvalue weighted by atomic mass is 10.1. The standard InChI is InChI=1S/C21H32N2O5S/c1-16-7-8-20(14-17(16)2)29(25,26)23-11-9-22(10-12-23)21(24)18(3)28-15-19-6-4-5-13-27-19/h7-8,14,18-19H,4-6,9-13,15H2,1-3H3. The van der Waals surface area contributed by atoms with Crippen molar-refractivity contribution >= 4 is 15.9 Å². The van der Waals surface area contributed by atoms with Crippen LogP contribution in [0.1, 0.15) is 37.3 Å². The topological polar surface area (TPSA) is 76.2 Å². The number of hydrogen-bond donors (Lipinski definition) is 0. The molecule has 0 saturated carbocycles. The van der Waals surface area contributed by atoms with Gasteiger partial charge in [-0.05, 0) is 63.3 Å². The molecule has 8 heteroatoms. The number of carbonyl (C=O) groups is 1. The van der Waals surface area contributed by atoms with Gasteiger partial charge in [0.25, 0.3) is 5.91 Å². The molecule has 2 aliphatic heterocycles. The highest BCUT2D eigenvalue weighted by molar-refractivity contribution is 7.89. The summed E-state index contributed by atoms with van der Waals surface area (Å²) in [5, 5.41) is 0. The molecule has 1 aromatic rings. The fourth-order valence-corrected chi connectivity index (χ4v) is 5.20. The molecule has 0 radical (unpaired) electrons. The second-order valence-electron chi connectivity index (χ2n) is 7.94. The van der Waals surface area contributed by atoms with Crippen LogP contribution in [0.4, 0.5) is 0 Å². The van der Waals surface area contributed by atoms with Crippen molar-refractivity contribution in [3.8, 4) is 0 Å². The summed E-state index contributed by atoms with van der Waals surface area (Å²) < 4.78 is 38.7. The van der Waals surface area contributed by atoms with Gasteiger partial charge in [0.1, 0.15) is 6.10 Å². The van der Waals surface area contributed by atoms with Crippen LogP contribution < -0.4 is 0 Å². The van der Waals surface area contributed by atoms with Crippen LogP contribution in [0.5, 0.6) is 0 Å². The molecule has 0 bridgehead atoms. The summed E-state index contributed by atoms with van der Waals surface area (Å²) in [6, 6.07) is 5.20. The summed E-state index contributed by atoms with van der Waals surface area (Å²) in [6.45, 7) is 8.13. The van der Waals surface area contributed by atoms with E-state index in [2.05, 4.69) is 0 Å². The number of piperazine rings is 1. The third kappa shape index (κ3) is 5.36. The molecule has 2 atom stereocenters. The Balaban J connectivity index is 1.52. The van der Waals surface area contributed by atoms with Gasteiger partial charge in [-0.2, -0.15) is 4.31 Å². The number of ether oxygens (including phenoxy) is 2. The van der Waals surface area contributed by atoms with Gasteiger partial charge in [-0.15, -0.1) is 0 Å². The minimum absolute atomic E-state index is 0.0685. The van der Waals surface area contributed by atoms with Gasteiger partial charge in [-0.1, -0.05) is 6.07 Å². The summed E-state index contributed by atoms with van der Waals surface area (Å²) in [6.07, 6.45) is 2.70. The van der Waals surface area contributed by atoms with Crippen LogP contribution in [0.15, 0.2) is 23.1 Å². The molecule has 7 nitrogen and oxygen atoms in total. The average Bonchev–Trinajstić information content (AvgIpc) is 2.74. The zero-order valence-corrected chi connectivity index (χ0v) is 18.4. The molecule has 162 valence electrons. The first-order valence-electron chi connectivity index (χ1n) is 10.4. The normalized spacial score (nSPS) is 22.4. The molecule has 1 amide bonds. The fraction of sp³-hybridized carbons (Fsp3) is 0.667. The highest BCUT2D eigenvalue weighted by Gasteiger charge is 2.32. The molecule has 0 aliphatic carbocycles. The Hall–Kier alpha value is -1.48. The molecule has 2 saturated heterocycles. The number of sulfonamides is 1. The van der Waals surface area contributed by atoms with Gasteiger partial charge in [0, 0.05) is 32.8 Å². The van der Waals surface area contributed by atoms with Crippen molar-refractivity contribution in [1.29, 1.82) is 0 Å². The number of hydrogen-bond acceptors (Lipinski definition) is 5. The van der Waals surface area contributed by atoms with Crippen molar-refractivity contribution in [2.45, 2.75) is 57.1 Å². The number of nitrogens with zero attached hydrogens (tertiary/aromatic N) is 2. The van der Waals surface area contributed by atoms with Crippen LogP contribution >= 0.6 is 0 Å². The molecule has 1 aromatic carbocycles. The van der Waals surface area contributed by atoms with Gasteiger partial charge in [0.15, 0.2) is 0 Å². The number of amides is 1. The van der Waals surface area contributed by atoms with Crippen molar-refractivity contribution < 1.29 is 22.7 Å². The molecule has 2 aliphatic rings. The van der Waals surface area contributed by atoms with Crippen LogP contribution in [0, 0.1) is 13.8 Å². The summed E-state index contributed by atoms with van der Waals surface area (Å²) in [4.78, 5) is 14.7. The molecule has 0 spiro atoms. The quantitative estimate of drug-likeness (QED) is 0.699. The highest BCUT2D eigenvalue weighted by Crippen LogP contribution is 2.21. The first-order valence-corrected chi connectivity index (χ1v) is 11.8. The van der Waals surface area contributed by atoms with Gasteiger partial charge >= 0.3 is 0 Å². The van der Waals surface area contributed by atoms with E-state index < -0.39 is 16.1 Å².